The number of benzene rings is 1. The summed E-state index contributed by atoms with van der Waals surface area (Å²) in [5.74, 6) is -0.167. The van der Waals surface area contributed by atoms with Gasteiger partial charge in [0.15, 0.2) is 0 Å². The fourth-order valence-electron chi connectivity index (χ4n) is 0.984. The topological polar surface area (TPSA) is 26.0 Å². The summed E-state index contributed by atoms with van der Waals surface area (Å²) in [5, 5.41) is 0. The van der Waals surface area contributed by atoms with Crippen LogP contribution in [0.2, 0.25) is 0 Å². The van der Waals surface area contributed by atoms with Gasteiger partial charge in [-0.3, -0.25) is 0 Å². The lowest BCUT2D eigenvalue weighted by Crippen LogP contribution is -2.26. The van der Waals surface area contributed by atoms with Crippen molar-refractivity contribution in [2.75, 3.05) is 0 Å². The third kappa shape index (κ3) is 3.36. The van der Waals surface area contributed by atoms with Crippen LogP contribution in [0.3, 0.4) is 0 Å². The molecule has 72 valence electrons. The summed E-state index contributed by atoms with van der Waals surface area (Å²) in [5.41, 5.74) is 6.49. The summed E-state index contributed by atoms with van der Waals surface area (Å²) >= 11 is 1.53. The Morgan fingerprint density at radius 2 is 2.00 bits per heavy atom. The molecule has 0 spiro atoms. The minimum absolute atomic E-state index is 0.167. The zero-order valence-electron chi connectivity index (χ0n) is 8.10. The smallest absolute Gasteiger partial charge is 0.126 e. The number of hydrogen-bond donors (Lipinski definition) is 1. The van der Waals surface area contributed by atoms with Crippen LogP contribution in [0.5, 0.6) is 0 Å². The zero-order chi connectivity index (χ0) is 10.1. The van der Waals surface area contributed by atoms with Crippen LogP contribution < -0.4 is 5.73 Å². The van der Waals surface area contributed by atoms with Crippen LogP contribution in [0.1, 0.15) is 19.4 Å². The van der Waals surface area contributed by atoms with Gasteiger partial charge in [-0.2, -0.15) is 0 Å². The first-order valence-corrected chi connectivity index (χ1v) is 4.94. The Morgan fingerprint density at radius 1 is 1.38 bits per heavy atom. The van der Waals surface area contributed by atoms with Gasteiger partial charge in [-0.25, -0.2) is 4.39 Å². The van der Waals surface area contributed by atoms with Crippen molar-refractivity contribution < 1.29 is 4.39 Å². The highest BCUT2D eigenvalue weighted by molar-refractivity contribution is 8.00. The Kier molecular flexibility index (Phi) is 2.98. The Morgan fingerprint density at radius 3 is 2.46 bits per heavy atom. The van der Waals surface area contributed by atoms with Gasteiger partial charge < -0.3 is 5.73 Å². The molecule has 1 rings (SSSR count). The Balaban J connectivity index is 2.86. The number of nitrogens with two attached hydrogens (primary N) is 1. The molecule has 0 fully saturated rings. The number of hydrogen-bond acceptors (Lipinski definition) is 2. The predicted octanol–water partition coefficient (Wildman–Crippen LogP) is 2.92. The molecule has 0 heterocycles. The lowest BCUT2D eigenvalue weighted by molar-refractivity contribution is 0.617. The van der Waals surface area contributed by atoms with E-state index < -0.39 is 0 Å². The molecule has 0 saturated carbocycles. The van der Waals surface area contributed by atoms with Crippen LogP contribution >= 0.6 is 11.8 Å². The number of rotatable bonds is 2. The second-order valence-electron chi connectivity index (χ2n) is 3.62. The van der Waals surface area contributed by atoms with Crippen LogP contribution in [-0.4, -0.2) is 4.87 Å². The SMILES string of the molecule is Cc1cc(SC(C)(C)N)ccc1F. The summed E-state index contributed by atoms with van der Waals surface area (Å²) < 4.78 is 12.9. The molecule has 0 atom stereocenters. The third-order valence-electron chi connectivity index (χ3n) is 1.51. The first-order chi connectivity index (χ1) is 5.88. The molecule has 2 N–H and O–H groups in total. The Bertz CT molecular complexity index is 304. The van der Waals surface area contributed by atoms with Crippen molar-refractivity contribution in [3.8, 4) is 0 Å². The number of thioether (sulfide) groups is 1. The molecule has 0 aliphatic heterocycles. The minimum Gasteiger partial charge on any atom is -0.317 e. The van der Waals surface area contributed by atoms with Crippen molar-refractivity contribution in [3.05, 3.63) is 29.6 Å². The molecule has 0 amide bonds. The van der Waals surface area contributed by atoms with Crippen LogP contribution in [0.15, 0.2) is 23.1 Å². The van der Waals surface area contributed by atoms with Crippen molar-refractivity contribution >= 4 is 11.8 Å². The molecule has 0 aliphatic rings. The second-order valence-corrected chi connectivity index (χ2v) is 5.34. The van der Waals surface area contributed by atoms with Gasteiger partial charge in [0.2, 0.25) is 0 Å². The van der Waals surface area contributed by atoms with Crippen molar-refractivity contribution in [1.82, 2.24) is 0 Å². The molecule has 13 heavy (non-hydrogen) atoms. The van der Waals surface area contributed by atoms with Crippen LogP contribution in [-0.2, 0) is 0 Å². The fourth-order valence-corrected chi connectivity index (χ4v) is 1.96. The lowest BCUT2D eigenvalue weighted by atomic mass is 10.2. The molecule has 0 unspecified atom stereocenters. The van der Waals surface area contributed by atoms with E-state index in [4.69, 9.17) is 5.73 Å². The second kappa shape index (κ2) is 3.68. The maximum atomic E-state index is 12.9. The quantitative estimate of drug-likeness (QED) is 0.585. The van der Waals surface area contributed by atoms with Crippen molar-refractivity contribution in [2.45, 2.75) is 30.5 Å². The van der Waals surface area contributed by atoms with Gasteiger partial charge in [-0.15, -0.1) is 11.8 Å². The van der Waals surface area contributed by atoms with E-state index in [1.165, 1.54) is 17.8 Å². The van der Waals surface area contributed by atoms with Gasteiger partial charge in [0.25, 0.3) is 0 Å². The normalized spacial score (nSPS) is 11.8. The largest absolute Gasteiger partial charge is 0.317 e. The van der Waals surface area contributed by atoms with Crippen molar-refractivity contribution in [2.24, 2.45) is 5.73 Å². The highest BCUT2D eigenvalue weighted by Gasteiger charge is 2.12. The van der Waals surface area contributed by atoms with Gasteiger partial charge in [0.05, 0.1) is 4.87 Å². The Labute approximate surface area is 82.5 Å². The molecule has 0 bridgehead atoms. The van der Waals surface area contributed by atoms with Gasteiger partial charge in [0.1, 0.15) is 5.82 Å². The van der Waals surface area contributed by atoms with Gasteiger partial charge in [-0.1, -0.05) is 0 Å². The van der Waals surface area contributed by atoms with Crippen molar-refractivity contribution in [1.29, 1.82) is 0 Å². The van der Waals surface area contributed by atoms with Gasteiger partial charge in [0, 0.05) is 4.90 Å². The Hall–Kier alpha value is -0.540. The van der Waals surface area contributed by atoms with E-state index in [9.17, 15) is 4.39 Å². The van der Waals surface area contributed by atoms with E-state index in [2.05, 4.69) is 0 Å². The predicted molar refractivity (Wildman–Crippen MR) is 55.3 cm³/mol. The third-order valence-corrected chi connectivity index (χ3v) is 2.53. The summed E-state index contributed by atoms with van der Waals surface area (Å²) in [6, 6.07) is 5.04. The van der Waals surface area contributed by atoms with E-state index in [-0.39, 0.29) is 10.7 Å². The van der Waals surface area contributed by atoms with Crippen LogP contribution in [0, 0.1) is 12.7 Å². The number of aryl methyl sites for hydroxylation is 1. The molecule has 0 aliphatic carbocycles. The summed E-state index contributed by atoms with van der Waals surface area (Å²) in [4.78, 5) is 0.691. The standard InChI is InChI=1S/C10H14FNS/c1-7-6-8(4-5-9(7)11)13-10(2,3)12/h4-6H,12H2,1-3H3. The first kappa shape index (κ1) is 10.5. The lowest BCUT2D eigenvalue weighted by Gasteiger charge is -2.17. The molecule has 0 aromatic heterocycles. The first-order valence-electron chi connectivity index (χ1n) is 4.12. The highest BCUT2D eigenvalue weighted by atomic mass is 32.2. The molecule has 0 saturated heterocycles. The fraction of sp³-hybridized carbons (Fsp3) is 0.400. The highest BCUT2D eigenvalue weighted by Crippen LogP contribution is 2.29. The molecule has 1 aromatic rings. The van der Waals surface area contributed by atoms with Crippen molar-refractivity contribution in [3.63, 3.8) is 0 Å². The van der Waals surface area contributed by atoms with E-state index in [0.717, 1.165) is 4.90 Å². The molecule has 0 radical (unpaired) electrons. The maximum Gasteiger partial charge on any atom is 0.126 e. The molecular weight excluding hydrogens is 185 g/mol. The monoisotopic (exact) mass is 199 g/mol. The van der Waals surface area contributed by atoms with E-state index in [0.29, 0.717) is 5.56 Å². The average molecular weight is 199 g/mol. The van der Waals surface area contributed by atoms with E-state index in [1.807, 2.05) is 19.9 Å². The molecule has 1 aromatic carbocycles. The van der Waals surface area contributed by atoms with E-state index in [1.54, 1.807) is 13.0 Å². The maximum absolute atomic E-state index is 12.9. The van der Waals surface area contributed by atoms with Gasteiger partial charge >= 0.3 is 0 Å². The molecular formula is C10H14FNS. The van der Waals surface area contributed by atoms with E-state index >= 15 is 0 Å². The number of halogens is 1. The van der Waals surface area contributed by atoms with Crippen LogP contribution in [0.25, 0.3) is 0 Å². The summed E-state index contributed by atoms with van der Waals surface area (Å²) in [6.45, 7) is 5.61. The molecule has 1 nitrogen and oxygen atoms in total. The summed E-state index contributed by atoms with van der Waals surface area (Å²) in [6.07, 6.45) is 0. The average Bonchev–Trinajstić information content (AvgIpc) is 1.94. The molecule has 3 heteroatoms. The van der Waals surface area contributed by atoms with Crippen LogP contribution in [0.4, 0.5) is 4.39 Å². The van der Waals surface area contributed by atoms with Gasteiger partial charge in [-0.05, 0) is 44.5 Å². The zero-order valence-corrected chi connectivity index (χ0v) is 8.91. The summed E-state index contributed by atoms with van der Waals surface area (Å²) in [7, 11) is 0. The minimum atomic E-state index is -0.315.